The van der Waals surface area contributed by atoms with Crippen molar-refractivity contribution in [3.8, 4) is 0 Å². The van der Waals surface area contributed by atoms with Gasteiger partial charge in [-0.05, 0) is 18.2 Å². The van der Waals surface area contributed by atoms with Crippen molar-refractivity contribution in [2.45, 2.75) is 0 Å². The van der Waals surface area contributed by atoms with Crippen molar-refractivity contribution in [2.24, 2.45) is 0 Å². The Morgan fingerprint density at radius 3 is 2.76 bits per heavy atom. The number of esters is 1. The molecule has 1 fully saturated rings. The van der Waals surface area contributed by atoms with E-state index in [0.29, 0.717) is 11.1 Å². The predicted molar refractivity (Wildman–Crippen MR) is 66.1 cm³/mol. The lowest BCUT2D eigenvalue weighted by molar-refractivity contribution is 0.0600. The molecule has 2 rings (SSSR count). The second-order valence-corrected chi connectivity index (χ2v) is 4.75. The van der Waals surface area contributed by atoms with E-state index < -0.39 is 5.97 Å². The third-order valence-electron chi connectivity index (χ3n) is 2.57. The van der Waals surface area contributed by atoms with Crippen LogP contribution in [0, 0.1) is 0 Å². The minimum atomic E-state index is -0.421. The maximum atomic E-state index is 12.1. The van der Waals surface area contributed by atoms with Gasteiger partial charge in [0.2, 0.25) is 0 Å². The predicted octanol–water partition coefficient (Wildman–Crippen LogP) is 1.62. The van der Waals surface area contributed by atoms with Crippen LogP contribution >= 0.6 is 11.8 Å². The van der Waals surface area contributed by atoms with Crippen molar-refractivity contribution in [1.82, 2.24) is 4.90 Å². The van der Waals surface area contributed by atoms with Gasteiger partial charge < -0.3 is 9.64 Å². The Morgan fingerprint density at radius 2 is 2.12 bits per heavy atom. The molecular formula is C12H13NO3S. The molecule has 0 radical (unpaired) electrons. The zero-order chi connectivity index (χ0) is 12.3. The van der Waals surface area contributed by atoms with E-state index in [4.69, 9.17) is 0 Å². The number of carbonyl (C=O) groups excluding carboxylic acids is 2. The Morgan fingerprint density at radius 1 is 1.35 bits per heavy atom. The molecule has 0 atom stereocenters. The molecule has 90 valence electrons. The molecule has 0 unspecified atom stereocenters. The molecule has 1 heterocycles. The molecule has 0 aliphatic carbocycles. The Hall–Kier alpha value is -1.49. The van der Waals surface area contributed by atoms with Crippen molar-refractivity contribution in [3.05, 3.63) is 35.4 Å². The van der Waals surface area contributed by atoms with Crippen molar-refractivity contribution >= 4 is 23.6 Å². The van der Waals surface area contributed by atoms with Gasteiger partial charge in [0.1, 0.15) is 0 Å². The summed E-state index contributed by atoms with van der Waals surface area (Å²) in [5, 5.41) is 0. The third kappa shape index (κ3) is 2.61. The lowest BCUT2D eigenvalue weighted by atomic mass is 10.1. The SMILES string of the molecule is COC(=O)c1cccc(C(=O)N2CCSC2)c1. The van der Waals surface area contributed by atoms with Crippen molar-refractivity contribution in [2.75, 3.05) is 25.3 Å². The molecule has 1 amide bonds. The van der Waals surface area contributed by atoms with Crippen LogP contribution in [0.5, 0.6) is 0 Å². The van der Waals surface area contributed by atoms with E-state index >= 15 is 0 Å². The number of carbonyl (C=O) groups is 2. The quantitative estimate of drug-likeness (QED) is 0.749. The van der Waals surface area contributed by atoms with Gasteiger partial charge in [0, 0.05) is 17.9 Å². The van der Waals surface area contributed by atoms with Crippen LogP contribution in [0.2, 0.25) is 0 Å². The molecule has 1 aromatic rings. The number of ether oxygens (including phenoxy) is 1. The molecule has 1 aliphatic heterocycles. The van der Waals surface area contributed by atoms with Crippen LogP contribution in [-0.2, 0) is 4.74 Å². The van der Waals surface area contributed by atoms with Gasteiger partial charge in [-0.2, -0.15) is 0 Å². The summed E-state index contributed by atoms with van der Waals surface area (Å²) in [6.07, 6.45) is 0. The second kappa shape index (κ2) is 5.23. The molecule has 17 heavy (non-hydrogen) atoms. The van der Waals surface area contributed by atoms with Crippen LogP contribution in [0.25, 0.3) is 0 Å². The first-order valence-corrected chi connectivity index (χ1v) is 6.43. The molecule has 5 heteroatoms. The highest BCUT2D eigenvalue weighted by Gasteiger charge is 2.20. The smallest absolute Gasteiger partial charge is 0.337 e. The summed E-state index contributed by atoms with van der Waals surface area (Å²) in [5.41, 5.74) is 0.945. The van der Waals surface area contributed by atoms with E-state index in [0.717, 1.165) is 18.2 Å². The monoisotopic (exact) mass is 251 g/mol. The Kier molecular flexibility index (Phi) is 3.68. The molecule has 0 saturated carbocycles. The number of methoxy groups -OCH3 is 1. The van der Waals surface area contributed by atoms with Crippen LogP contribution in [0.1, 0.15) is 20.7 Å². The van der Waals surface area contributed by atoms with Gasteiger partial charge >= 0.3 is 5.97 Å². The van der Waals surface area contributed by atoms with Crippen molar-refractivity contribution in [3.63, 3.8) is 0 Å². The lowest BCUT2D eigenvalue weighted by Crippen LogP contribution is -2.27. The second-order valence-electron chi connectivity index (χ2n) is 3.68. The van der Waals surface area contributed by atoms with Crippen LogP contribution < -0.4 is 0 Å². The van der Waals surface area contributed by atoms with Gasteiger partial charge in [-0.3, -0.25) is 4.79 Å². The molecule has 4 nitrogen and oxygen atoms in total. The van der Waals surface area contributed by atoms with E-state index in [1.54, 1.807) is 40.9 Å². The number of hydrogen-bond donors (Lipinski definition) is 0. The number of amides is 1. The lowest BCUT2D eigenvalue weighted by Gasteiger charge is -2.14. The van der Waals surface area contributed by atoms with Gasteiger partial charge in [-0.1, -0.05) is 6.07 Å². The number of thioether (sulfide) groups is 1. The average molecular weight is 251 g/mol. The zero-order valence-corrected chi connectivity index (χ0v) is 10.3. The molecule has 0 aromatic heterocycles. The van der Waals surface area contributed by atoms with E-state index in [2.05, 4.69) is 4.74 Å². The van der Waals surface area contributed by atoms with E-state index in [1.807, 2.05) is 0 Å². The van der Waals surface area contributed by atoms with Crippen molar-refractivity contribution < 1.29 is 14.3 Å². The number of rotatable bonds is 2. The van der Waals surface area contributed by atoms with Crippen LogP contribution in [0.15, 0.2) is 24.3 Å². The van der Waals surface area contributed by atoms with Crippen LogP contribution in [0.4, 0.5) is 0 Å². The van der Waals surface area contributed by atoms with E-state index in [1.165, 1.54) is 7.11 Å². The van der Waals surface area contributed by atoms with E-state index in [-0.39, 0.29) is 5.91 Å². The summed E-state index contributed by atoms with van der Waals surface area (Å²) in [6.45, 7) is 0.770. The summed E-state index contributed by atoms with van der Waals surface area (Å²) in [5.74, 6) is 1.25. The summed E-state index contributed by atoms with van der Waals surface area (Å²) < 4.78 is 4.63. The Balaban J connectivity index is 2.20. The maximum absolute atomic E-state index is 12.1. The highest BCUT2D eigenvalue weighted by molar-refractivity contribution is 7.99. The molecule has 1 aliphatic rings. The van der Waals surface area contributed by atoms with Crippen LogP contribution in [0.3, 0.4) is 0 Å². The third-order valence-corrected chi connectivity index (χ3v) is 3.54. The zero-order valence-electron chi connectivity index (χ0n) is 9.51. The molecule has 0 spiro atoms. The minimum Gasteiger partial charge on any atom is -0.465 e. The molecular weight excluding hydrogens is 238 g/mol. The Labute approximate surface area is 104 Å². The van der Waals surface area contributed by atoms with Gasteiger partial charge in [-0.15, -0.1) is 11.8 Å². The molecule has 1 saturated heterocycles. The highest BCUT2D eigenvalue weighted by Crippen LogP contribution is 2.17. The average Bonchev–Trinajstić information content (AvgIpc) is 2.91. The number of benzene rings is 1. The number of hydrogen-bond acceptors (Lipinski definition) is 4. The molecule has 0 bridgehead atoms. The first kappa shape index (κ1) is 12.0. The maximum Gasteiger partial charge on any atom is 0.337 e. The highest BCUT2D eigenvalue weighted by atomic mass is 32.2. The van der Waals surface area contributed by atoms with Gasteiger partial charge in [-0.25, -0.2) is 4.79 Å². The molecule has 0 N–H and O–H groups in total. The normalized spacial score (nSPS) is 14.8. The summed E-state index contributed by atoms with van der Waals surface area (Å²) >= 11 is 1.73. The fourth-order valence-electron chi connectivity index (χ4n) is 1.65. The summed E-state index contributed by atoms with van der Waals surface area (Å²) in [4.78, 5) is 25.2. The summed E-state index contributed by atoms with van der Waals surface area (Å²) in [6, 6.07) is 6.64. The van der Waals surface area contributed by atoms with Crippen LogP contribution in [-0.4, -0.2) is 42.1 Å². The fourth-order valence-corrected chi connectivity index (χ4v) is 2.60. The standard InChI is InChI=1S/C12H13NO3S/c1-16-12(15)10-4-2-3-9(7-10)11(14)13-5-6-17-8-13/h2-4,7H,5-6,8H2,1H3. The first-order valence-electron chi connectivity index (χ1n) is 5.28. The van der Waals surface area contributed by atoms with Gasteiger partial charge in [0.15, 0.2) is 0 Å². The largest absolute Gasteiger partial charge is 0.465 e. The van der Waals surface area contributed by atoms with E-state index in [9.17, 15) is 9.59 Å². The topological polar surface area (TPSA) is 46.6 Å². The Bertz CT molecular complexity index is 441. The minimum absolute atomic E-state index is 0.0271. The van der Waals surface area contributed by atoms with Gasteiger partial charge in [0.25, 0.3) is 5.91 Å². The first-order chi connectivity index (χ1) is 8.22. The molecule has 1 aromatic carbocycles. The fraction of sp³-hybridized carbons (Fsp3) is 0.333. The van der Waals surface area contributed by atoms with Crippen molar-refractivity contribution in [1.29, 1.82) is 0 Å². The van der Waals surface area contributed by atoms with Gasteiger partial charge in [0.05, 0.1) is 18.6 Å². The summed E-state index contributed by atoms with van der Waals surface area (Å²) in [7, 11) is 1.33. The number of nitrogens with zero attached hydrogens (tertiary/aromatic N) is 1.